The Labute approximate surface area is 157 Å². The molecule has 0 fully saturated rings. The molecule has 0 radical (unpaired) electrons. The predicted octanol–water partition coefficient (Wildman–Crippen LogP) is 4.77. The van der Waals surface area contributed by atoms with Gasteiger partial charge in [0.2, 0.25) is 0 Å². The third-order valence-corrected chi connectivity index (χ3v) is 5.13. The van der Waals surface area contributed by atoms with E-state index in [4.69, 9.17) is 4.74 Å². The number of nitrogens with zero attached hydrogens (tertiary/aromatic N) is 2. The molecular weight excluding hydrogens is 346 g/mol. The van der Waals surface area contributed by atoms with E-state index in [1.54, 1.807) is 7.11 Å². The highest BCUT2D eigenvalue weighted by atomic mass is 19.1. The Kier molecular flexibility index (Phi) is 4.94. The van der Waals surface area contributed by atoms with Crippen molar-refractivity contribution in [2.24, 2.45) is 0 Å². The zero-order valence-electron chi connectivity index (χ0n) is 15.2. The van der Waals surface area contributed by atoms with Gasteiger partial charge in [-0.15, -0.1) is 0 Å². The molecule has 1 aromatic heterocycles. The van der Waals surface area contributed by atoms with Crippen molar-refractivity contribution in [3.8, 4) is 5.75 Å². The van der Waals surface area contributed by atoms with Crippen molar-refractivity contribution in [2.45, 2.75) is 25.6 Å². The van der Waals surface area contributed by atoms with E-state index in [-0.39, 0.29) is 11.9 Å². The molecule has 5 heteroatoms. The SMILES string of the molecule is COc1cccc(CN2CCCn3cccc3C2c2cc(F)ccc2F)c1. The molecule has 2 aromatic carbocycles. The van der Waals surface area contributed by atoms with Crippen LogP contribution in [0, 0.1) is 11.6 Å². The van der Waals surface area contributed by atoms with E-state index in [1.165, 1.54) is 18.2 Å². The summed E-state index contributed by atoms with van der Waals surface area (Å²) in [5.41, 5.74) is 2.44. The molecule has 2 heterocycles. The molecule has 0 saturated heterocycles. The fourth-order valence-corrected chi connectivity index (χ4v) is 3.90. The molecule has 0 amide bonds. The molecule has 1 unspecified atom stereocenters. The van der Waals surface area contributed by atoms with Crippen LogP contribution in [0.5, 0.6) is 5.75 Å². The highest BCUT2D eigenvalue weighted by Crippen LogP contribution is 2.35. The minimum atomic E-state index is -0.421. The minimum Gasteiger partial charge on any atom is -0.497 e. The predicted molar refractivity (Wildman–Crippen MR) is 101 cm³/mol. The Morgan fingerprint density at radius 1 is 1.04 bits per heavy atom. The number of methoxy groups -OCH3 is 1. The fourth-order valence-electron chi connectivity index (χ4n) is 3.90. The van der Waals surface area contributed by atoms with Gasteiger partial charge in [-0.05, 0) is 54.4 Å². The van der Waals surface area contributed by atoms with Crippen molar-refractivity contribution < 1.29 is 13.5 Å². The lowest BCUT2D eigenvalue weighted by atomic mass is 10.00. The molecule has 0 bridgehead atoms. The first-order valence-corrected chi connectivity index (χ1v) is 9.12. The van der Waals surface area contributed by atoms with Crippen LogP contribution in [0.15, 0.2) is 60.8 Å². The van der Waals surface area contributed by atoms with E-state index < -0.39 is 5.82 Å². The second-order valence-electron chi connectivity index (χ2n) is 6.87. The van der Waals surface area contributed by atoms with Crippen molar-refractivity contribution >= 4 is 0 Å². The highest BCUT2D eigenvalue weighted by molar-refractivity contribution is 5.33. The summed E-state index contributed by atoms with van der Waals surface area (Å²) in [6.07, 6.45) is 2.95. The summed E-state index contributed by atoms with van der Waals surface area (Å²) in [7, 11) is 1.64. The van der Waals surface area contributed by atoms with Gasteiger partial charge in [0.25, 0.3) is 0 Å². The van der Waals surface area contributed by atoms with Gasteiger partial charge in [-0.3, -0.25) is 4.90 Å². The number of ether oxygens (including phenoxy) is 1. The molecule has 1 aliphatic rings. The quantitative estimate of drug-likeness (QED) is 0.660. The van der Waals surface area contributed by atoms with Gasteiger partial charge in [0.1, 0.15) is 17.4 Å². The Morgan fingerprint density at radius 2 is 1.93 bits per heavy atom. The van der Waals surface area contributed by atoms with E-state index in [0.717, 1.165) is 36.5 Å². The number of aryl methyl sites for hydroxylation is 1. The number of hydrogen-bond acceptors (Lipinski definition) is 2. The molecule has 1 atom stereocenters. The zero-order chi connectivity index (χ0) is 18.8. The highest BCUT2D eigenvalue weighted by Gasteiger charge is 2.29. The summed E-state index contributed by atoms with van der Waals surface area (Å²) in [6, 6.07) is 15.2. The van der Waals surface area contributed by atoms with Gasteiger partial charge >= 0.3 is 0 Å². The number of aromatic nitrogens is 1. The maximum Gasteiger partial charge on any atom is 0.128 e. The van der Waals surface area contributed by atoms with Crippen LogP contribution >= 0.6 is 0 Å². The standard InChI is InChI=1S/C22H22F2N2O/c1-27-18-6-2-5-16(13-18)15-26-12-4-11-25-10-3-7-21(25)22(26)19-14-17(23)8-9-20(19)24/h2-3,5-10,13-14,22H,4,11-12,15H2,1H3. The van der Waals surface area contributed by atoms with Crippen LogP contribution < -0.4 is 4.74 Å². The van der Waals surface area contributed by atoms with Crippen LogP contribution in [0.25, 0.3) is 0 Å². The van der Waals surface area contributed by atoms with Gasteiger partial charge in [0.05, 0.1) is 13.2 Å². The maximum atomic E-state index is 14.7. The average Bonchev–Trinajstić information content (AvgIpc) is 3.06. The largest absolute Gasteiger partial charge is 0.497 e. The first-order chi connectivity index (χ1) is 13.2. The summed E-state index contributed by atoms with van der Waals surface area (Å²) in [6.45, 7) is 2.28. The first-order valence-electron chi connectivity index (χ1n) is 9.12. The molecule has 4 rings (SSSR count). The molecule has 3 nitrogen and oxygen atoms in total. The minimum absolute atomic E-state index is 0.343. The van der Waals surface area contributed by atoms with Gasteiger partial charge in [0, 0.05) is 37.1 Å². The first kappa shape index (κ1) is 17.7. The van der Waals surface area contributed by atoms with Crippen molar-refractivity contribution in [1.82, 2.24) is 9.47 Å². The number of benzene rings is 2. The second kappa shape index (κ2) is 7.53. The monoisotopic (exact) mass is 368 g/mol. The third-order valence-electron chi connectivity index (χ3n) is 5.13. The topological polar surface area (TPSA) is 17.4 Å². The Bertz CT molecular complexity index is 938. The lowest BCUT2D eigenvalue weighted by Gasteiger charge is -2.31. The van der Waals surface area contributed by atoms with Crippen LogP contribution in [-0.4, -0.2) is 23.1 Å². The van der Waals surface area contributed by atoms with Gasteiger partial charge < -0.3 is 9.30 Å². The Balaban J connectivity index is 1.77. The fraction of sp³-hybridized carbons (Fsp3) is 0.273. The summed E-state index contributed by atoms with van der Waals surface area (Å²) >= 11 is 0. The number of hydrogen-bond donors (Lipinski definition) is 0. The molecule has 0 N–H and O–H groups in total. The van der Waals surface area contributed by atoms with Gasteiger partial charge in [0.15, 0.2) is 0 Å². The maximum absolute atomic E-state index is 14.7. The number of halogens is 2. The third kappa shape index (κ3) is 3.60. The molecule has 0 spiro atoms. The summed E-state index contributed by atoms with van der Waals surface area (Å²) < 4.78 is 36.1. The van der Waals surface area contributed by atoms with Crippen LogP contribution in [0.4, 0.5) is 8.78 Å². The molecular formula is C22H22F2N2O. The normalized spacial score (nSPS) is 17.4. The van der Waals surface area contributed by atoms with E-state index in [1.807, 2.05) is 42.6 Å². The molecule has 0 saturated carbocycles. The van der Waals surface area contributed by atoms with Crippen molar-refractivity contribution in [2.75, 3.05) is 13.7 Å². The van der Waals surface area contributed by atoms with Gasteiger partial charge in [-0.25, -0.2) is 8.78 Å². The second-order valence-corrected chi connectivity index (χ2v) is 6.87. The van der Waals surface area contributed by atoms with Crippen molar-refractivity contribution in [1.29, 1.82) is 0 Å². The summed E-state index contributed by atoms with van der Waals surface area (Å²) in [5, 5.41) is 0. The van der Waals surface area contributed by atoms with Crippen LogP contribution in [0.3, 0.4) is 0 Å². The van der Waals surface area contributed by atoms with Crippen molar-refractivity contribution in [3.63, 3.8) is 0 Å². The van der Waals surface area contributed by atoms with Crippen molar-refractivity contribution in [3.05, 3.63) is 89.2 Å². The number of fused-ring (bicyclic) bond motifs is 1. The Hall–Kier alpha value is -2.66. The zero-order valence-corrected chi connectivity index (χ0v) is 15.2. The van der Waals surface area contributed by atoms with E-state index in [2.05, 4.69) is 9.47 Å². The molecule has 1 aliphatic heterocycles. The van der Waals surface area contributed by atoms with Crippen LogP contribution in [-0.2, 0) is 13.1 Å². The van der Waals surface area contributed by atoms with Crippen LogP contribution in [0.2, 0.25) is 0 Å². The molecule has 27 heavy (non-hydrogen) atoms. The smallest absolute Gasteiger partial charge is 0.128 e. The lowest BCUT2D eigenvalue weighted by Crippen LogP contribution is -2.30. The summed E-state index contributed by atoms with van der Waals surface area (Å²) in [5.74, 6) is -0.0130. The van der Waals surface area contributed by atoms with E-state index >= 15 is 0 Å². The van der Waals surface area contributed by atoms with Gasteiger partial charge in [-0.2, -0.15) is 0 Å². The Morgan fingerprint density at radius 3 is 2.78 bits per heavy atom. The lowest BCUT2D eigenvalue weighted by molar-refractivity contribution is 0.216. The molecule has 0 aliphatic carbocycles. The van der Waals surface area contributed by atoms with Crippen LogP contribution in [0.1, 0.15) is 29.3 Å². The van der Waals surface area contributed by atoms with E-state index in [9.17, 15) is 8.78 Å². The molecule has 3 aromatic rings. The summed E-state index contributed by atoms with van der Waals surface area (Å²) in [4.78, 5) is 2.21. The number of rotatable bonds is 4. The average molecular weight is 368 g/mol. The molecule has 140 valence electrons. The van der Waals surface area contributed by atoms with Gasteiger partial charge in [-0.1, -0.05) is 12.1 Å². The van der Waals surface area contributed by atoms with E-state index in [0.29, 0.717) is 12.1 Å².